The molecule has 1 aromatic rings. The van der Waals surface area contributed by atoms with Gasteiger partial charge in [-0.15, -0.1) is 12.4 Å². The van der Waals surface area contributed by atoms with E-state index in [2.05, 4.69) is 5.32 Å². The summed E-state index contributed by atoms with van der Waals surface area (Å²) in [6, 6.07) is 5.12. The molecule has 20 heavy (non-hydrogen) atoms. The van der Waals surface area contributed by atoms with Crippen LogP contribution in [0, 0.1) is 0 Å². The van der Waals surface area contributed by atoms with Gasteiger partial charge in [0.1, 0.15) is 5.75 Å². The molecule has 0 heterocycles. The van der Waals surface area contributed by atoms with E-state index in [1.54, 1.807) is 18.2 Å². The van der Waals surface area contributed by atoms with Crippen molar-refractivity contribution in [3.63, 3.8) is 0 Å². The third-order valence-electron chi connectivity index (χ3n) is 2.53. The number of benzene rings is 1. The van der Waals surface area contributed by atoms with Gasteiger partial charge in [-0.3, -0.25) is 4.79 Å². The summed E-state index contributed by atoms with van der Waals surface area (Å²) in [6.07, 6.45) is 1.62. The summed E-state index contributed by atoms with van der Waals surface area (Å²) in [7, 11) is 0. The first-order chi connectivity index (χ1) is 9.04. The largest absolute Gasteiger partial charge is 0.493 e. The van der Waals surface area contributed by atoms with Crippen LogP contribution in [0.4, 0.5) is 0 Å². The Balaban J connectivity index is 0.00000361. The Morgan fingerprint density at radius 3 is 2.80 bits per heavy atom. The second-order valence-corrected chi connectivity index (χ2v) is 4.95. The van der Waals surface area contributed by atoms with E-state index in [4.69, 9.17) is 22.1 Å². The second-order valence-electron chi connectivity index (χ2n) is 4.51. The van der Waals surface area contributed by atoms with Gasteiger partial charge in [-0.25, -0.2) is 0 Å². The predicted molar refractivity (Wildman–Crippen MR) is 85.1 cm³/mol. The van der Waals surface area contributed by atoms with Crippen molar-refractivity contribution in [3.05, 3.63) is 28.8 Å². The van der Waals surface area contributed by atoms with Crippen molar-refractivity contribution in [1.82, 2.24) is 5.32 Å². The fourth-order valence-electron chi connectivity index (χ4n) is 1.53. The van der Waals surface area contributed by atoms with Gasteiger partial charge in [-0.05, 0) is 38.0 Å². The predicted octanol–water partition coefficient (Wildman–Crippen LogP) is 3.02. The Morgan fingerprint density at radius 1 is 1.50 bits per heavy atom. The number of nitrogens with two attached hydrogens (primary N) is 1. The molecular formula is C14H22Cl2N2O2. The molecule has 114 valence electrons. The van der Waals surface area contributed by atoms with E-state index in [-0.39, 0.29) is 24.4 Å². The minimum atomic E-state index is -0.186. The summed E-state index contributed by atoms with van der Waals surface area (Å²) in [4.78, 5) is 12.1. The molecule has 0 aromatic heterocycles. The first-order valence-corrected chi connectivity index (χ1v) is 6.88. The van der Waals surface area contributed by atoms with Crippen LogP contribution in [0.3, 0.4) is 0 Å². The van der Waals surface area contributed by atoms with Gasteiger partial charge in [0.15, 0.2) is 0 Å². The molecule has 0 aliphatic heterocycles. The molecule has 1 unspecified atom stereocenters. The number of carbonyl (C=O) groups is 1. The molecule has 1 rings (SSSR count). The van der Waals surface area contributed by atoms with Crippen molar-refractivity contribution in [3.8, 4) is 5.75 Å². The van der Waals surface area contributed by atoms with Crippen LogP contribution in [-0.4, -0.2) is 25.1 Å². The summed E-state index contributed by atoms with van der Waals surface area (Å²) >= 11 is 5.92. The summed E-state index contributed by atoms with van der Waals surface area (Å²) in [6.45, 7) is 5.03. The number of hydrogen-bond acceptors (Lipinski definition) is 3. The quantitative estimate of drug-likeness (QED) is 0.811. The van der Waals surface area contributed by atoms with Gasteiger partial charge in [0.2, 0.25) is 0 Å². The van der Waals surface area contributed by atoms with Gasteiger partial charge >= 0.3 is 0 Å². The van der Waals surface area contributed by atoms with Crippen molar-refractivity contribution in [2.45, 2.75) is 32.7 Å². The highest BCUT2D eigenvalue weighted by atomic mass is 35.5. The van der Waals surface area contributed by atoms with Crippen molar-refractivity contribution in [2.75, 3.05) is 13.2 Å². The molecule has 1 atom stereocenters. The van der Waals surface area contributed by atoms with Crippen LogP contribution in [0.15, 0.2) is 18.2 Å². The lowest BCUT2D eigenvalue weighted by atomic mass is 10.1. The van der Waals surface area contributed by atoms with E-state index >= 15 is 0 Å². The normalized spacial score (nSPS) is 11.4. The monoisotopic (exact) mass is 320 g/mol. The van der Waals surface area contributed by atoms with Gasteiger partial charge in [-0.2, -0.15) is 0 Å². The van der Waals surface area contributed by atoms with E-state index in [0.29, 0.717) is 29.5 Å². The fraction of sp³-hybridized carbons (Fsp3) is 0.500. The third kappa shape index (κ3) is 6.46. The summed E-state index contributed by atoms with van der Waals surface area (Å²) in [5.74, 6) is 0.374. The average molecular weight is 321 g/mol. The Labute approximate surface area is 131 Å². The highest BCUT2D eigenvalue weighted by molar-refractivity contribution is 6.31. The van der Waals surface area contributed by atoms with E-state index in [9.17, 15) is 4.79 Å². The van der Waals surface area contributed by atoms with E-state index in [1.165, 1.54) is 0 Å². The minimum absolute atomic E-state index is 0. The SMILES string of the molecule is CCCOc1ccc(Cl)cc1C(=O)NCCC(C)N.Cl. The van der Waals surface area contributed by atoms with E-state index in [0.717, 1.165) is 12.8 Å². The molecular weight excluding hydrogens is 299 g/mol. The van der Waals surface area contributed by atoms with Gasteiger partial charge in [0.25, 0.3) is 5.91 Å². The van der Waals surface area contributed by atoms with Crippen LogP contribution in [0.5, 0.6) is 5.75 Å². The van der Waals surface area contributed by atoms with Crippen LogP contribution in [0.2, 0.25) is 5.02 Å². The molecule has 0 saturated heterocycles. The average Bonchev–Trinajstić information content (AvgIpc) is 2.36. The fourth-order valence-corrected chi connectivity index (χ4v) is 1.70. The molecule has 0 aliphatic carbocycles. The topological polar surface area (TPSA) is 64.3 Å². The zero-order valence-corrected chi connectivity index (χ0v) is 13.4. The molecule has 0 saturated carbocycles. The van der Waals surface area contributed by atoms with Crippen LogP contribution in [0.25, 0.3) is 0 Å². The highest BCUT2D eigenvalue weighted by Gasteiger charge is 2.13. The molecule has 1 aromatic carbocycles. The number of rotatable bonds is 7. The second kappa shape index (κ2) is 9.86. The number of nitrogens with one attached hydrogen (secondary N) is 1. The number of halogens is 2. The molecule has 0 fully saturated rings. The maximum Gasteiger partial charge on any atom is 0.255 e. The first kappa shape index (κ1) is 19.0. The van der Waals surface area contributed by atoms with Crippen molar-refractivity contribution in [2.24, 2.45) is 5.73 Å². The van der Waals surface area contributed by atoms with Crippen LogP contribution in [0.1, 0.15) is 37.0 Å². The highest BCUT2D eigenvalue weighted by Crippen LogP contribution is 2.23. The summed E-state index contributed by atoms with van der Waals surface area (Å²) in [5.41, 5.74) is 6.10. The van der Waals surface area contributed by atoms with E-state index < -0.39 is 0 Å². The first-order valence-electron chi connectivity index (χ1n) is 6.50. The van der Waals surface area contributed by atoms with E-state index in [1.807, 2.05) is 13.8 Å². The summed E-state index contributed by atoms with van der Waals surface area (Å²) < 4.78 is 5.55. The maximum atomic E-state index is 12.1. The van der Waals surface area contributed by atoms with Crippen molar-refractivity contribution >= 4 is 29.9 Å². The maximum absolute atomic E-state index is 12.1. The Bertz CT molecular complexity index is 426. The molecule has 1 amide bonds. The van der Waals surface area contributed by atoms with Gasteiger partial charge in [0.05, 0.1) is 12.2 Å². The lowest BCUT2D eigenvalue weighted by Gasteiger charge is -2.12. The molecule has 4 nitrogen and oxygen atoms in total. The van der Waals surface area contributed by atoms with Crippen LogP contribution >= 0.6 is 24.0 Å². The van der Waals surface area contributed by atoms with Gasteiger partial charge in [-0.1, -0.05) is 18.5 Å². The molecule has 0 spiro atoms. The van der Waals surface area contributed by atoms with Gasteiger partial charge < -0.3 is 15.8 Å². The number of carbonyl (C=O) groups excluding carboxylic acids is 1. The molecule has 0 radical (unpaired) electrons. The Morgan fingerprint density at radius 2 is 2.20 bits per heavy atom. The van der Waals surface area contributed by atoms with Crippen molar-refractivity contribution < 1.29 is 9.53 Å². The standard InChI is InChI=1S/C14H21ClN2O2.ClH/c1-3-8-19-13-5-4-11(15)9-12(13)14(18)17-7-6-10(2)16;/h4-5,9-10H,3,6-8,16H2,1-2H3,(H,17,18);1H. The number of ether oxygens (including phenoxy) is 1. The zero-order chi connectivity index (χ0) is 14.3. The smallest absolute Gasteiger partial charge is 0.255 e. The Kier molecular flexibility index (Phi) is 9.38. The van der Waals surface area contributed by atoms with Crippen molar-refractivity contribution in [1.29, 1.82) is 0 Å². The number of hydrogen-bond donors (Lipinski definition) is 2. The number of amides is 1. The molecule has 3 N–H and O–H groups in total. The third-order valence-corrected chi connectivity index (χ3v) is 2.77. The molecule has 0 bridgehead atoms. The summed E-state index contributed by atoms with van der Waals surface area (Å²) in [5, 5.41) is 3.33. The zero-order valence-electron chi connectivity index (χ0n) is 11.8. The van der Waals surface area contributed by atoms with Crippen LogP contribution < -0.4 is 15.8 Å². The lowest BCUT2D eigenvalue weighted by molar-refractivity contribution is 0.0948. The Hall–Kier alpha value is -0.970. The lowest BCUT2D eigenvalue weighted by Crippen LogP contribution is -2.29. The molecule has 6 heteroatoms. The van der Waals surface area contributed by atoms with Gasteiger partial charge in [0, 0.05) is 17.6 Å². The minimum Gasteiger partial charge on any atom is -0.493 e. The molecule has 0 aliphatic rings. The van der Waals surface area contributed by atoms with Crippen LogP contribution in [-0.2, 0) is 0 Å².